The van der Waals surface area contributed by atoms with Gasteiger partial charge in [-0.3, -0.25) is 4.99 Å². The molecule has 7 nitrogen and oxygen atoms in total. The van der Waals surface area contributed by atoms with Crippen LogP contribution in [0.3, 0.4) is 0 Å². The SMILES string of the molecule is CCNC(=NCCCCOCC)NCCNS(=O)(=O)c1cccc(Cl)c1. The maximum absolute atomic E-state index is 12.2. The smallest absolute Gasteiger partial charge is 0.240 e. The second-order valence-electron chi connectivity index (χ2n) is 5.45. The van der Waals surface area contributed by atoms with E-state index in [-0.39, 0.29) is 11.4 Å². The minimum Gasteiger partial charge on any atom is -0.382 e. The number of unbranched alkanes of at least 4 members (excludes halogenated alkanes) is 1. The van der Waals surface area contributed by atoms with E-state index in [1.54, 1.807) is 12.1 Å². The number of ether oxygens (including phenoxy) is 1. The van der Waals surface area contributed by atoms with Gasteiger partial charge in [-0.25, -0.2) is 13.1 Å². The molecule has 148 valence electrons. The average molecular weight is 405 g/mol. The first-order valence-corrected chi connectivity index (χ1v) is 10.7. The highest BCUT2D eigenvalue weighted by Gasteiger charge is 2.13. The highest BCUT2D eigenvalue weighted by atomic mass is 35.5. The lowest BCUT2D eigenvalue weighted by atomic mass is 10.3. The Balaban J connectivity index is 2.37. The molecule has 0 spiro atoms. The van der Waals surface area contributed by atoms with Crippen LogP contribution in [0.2, 0.25) is 5.02 Å². The first kappa shape index (κ1) is 22.7. The zero-order valence-electron chi connectivity index (χ0n) is 15.4. The van der Waals surface area contributed by atoms with E-state index in [0.29, 0.717) is 24.1 Å². The Kier molecular flexibility index (Phi) is 11.3. The summed E-state index contributed by atoms with van der Waals surface area (Å²) in [5, 5.41) is 6.63. The maximum Gasteiger partial charge on any atom is 0.240 e. The fraction of sp³-hybridized carbons (Fsp3) is 0.588. The fourth-order valence-electron chi connectivity index (χ4n) is 2.08. The van der Waals surface area contributed by atoms with Crippen LogP contribution in [0.15, 0.2) is 34.2 Å². The molecular weight excluding hydrogens is 376 g/mol. The van der Waals surface area contributed by atoms with E-state index in [0.717, 1.165) is 32.6 Å². The summed E-state index contributed by atoms with van der Waals surface area (Å²) < 4.78 is 32.2. The minimum absolute atomic E-state index is 0.153. The molecule has 0 aliphatic carbocycles. The van der Waals surface area contributed by atoms with Gasteiger partial charge in [-0.05, 0) is 44.9 Å². The summed E-state index contributed by atoms with van der Waals surface area (Å²) in [6, 6.07) is 6.17. The number of aliphatic imine (C=N–C) groups is 1. The van der Waals surface area contributed by atoms with E-state index in [9.17, 15) is 8.42 Å². The Morgan fingerprint density at radius 3 is 2.69 bits per heavy atom. The molecule has 0 fully saturated rings. The van der Waals surface area contributed by atoms with Gasteiger partial charge in [0.15, 0.2) is 5.96 Å². The average Bonchev–Trinajstić information content (AvgIpc) is 2.61. The number of benzene rings is 1. The van der Waals surface area contributed by atoms with Gasteiger partial charge in [0.25, 0.3) is 0 Å². The second-order valence-corrected chi connectivity index (χ2v) is 7.65. The molecule has 1 aromatic carbocycles. The van der Waals surface area contributed by atoms with Crippen LogP contribution in [0, 0.1) is 0 Å². The van der Waals surface area contributed by atoms with Crippen molar-refractivity contribution in [1.82, 2.24) is 15.4 Å². The Morgan fingerprint density at radius 1 is 1.19 bits per heavy atom. The third-order valence-electron chi connectivity index (χ3n) is 3.33. The number of sulfonamides is 1. The van der Waals surface area contributed by atoms with Gasteiger partial charge in [0.1, 0.15) is 0 Å². The number of hydrogen-bond donors (Lipinski definition) is 3. The summed E-state index contributed by atoms with van der Waals surface area (Å²) in [6.07, 6.45) is 1.91. The second kappa shape index (κ2) is 12.9. The van der Waals surface area contributed by atoms with Crippen LogP contribution in [-0.2, 0) is 14.8 Å². The molecule has 0 aliphatic rings. The number of halogens is 1. The van der Waals surface area contributed by atoms with Crippen molar-refractivity contribution >= 4 is 27.6 Å². The van der Waals surface area contributed by atoms with Crippen LogP contribution in [0.1, 0.15) is 26.7 Å². The van der Waals surface area contributed by atoms with Crippen molar-refractivity contribution in [2.75, 3.05) is 39.4 Å². The molecule has 0 aromatic heterocycles. The van der Waals surface area contributed by atoms with Crippen LogP contribution in [0.5, 0.6) is 0 Å². The molecule has 0 saturated heterocycles. The Morgan fingerprint density at radius 2 is 2.00 bits per heavy atom. The van der Waals surface area contributed by atoms with Crippen LogP contribution < -0.4 is 15.4 Å². The van der Waals surface area contributed by atoms with Crippen molar-refractivity contribution in [2.45, 2.75) is 31.6 Å². The number of nitrogens with one attached hydrogen (secondary N) is 3. The quantitative estimate of drug-likeness (QED) is 0.281. The lowest BCUT2D eigenvalue weighted by Gasteiger charge is -2.12. The lowest BCUT2D eigenvalue weighted by Crippen LogP contribution is -2.41. The molecule has 0 heterocycles. The van der Waals surface area contributed by atoms with Crippen molar-refractivity contribution in [3.8, 4) is 0 Å². The third kappa shape index (κ3) is 9.38. The molecular formula is C17H29ClN4O3S. The predicted molar refractivity (Wildman–Crippen MR) is 106 cm³/mol. The normalized spacial score (nSPS) is 12.2. The highest BCUT2D eigenvalue weighted by Crippen LogP contribution is 2.14. The summed E-state index contributed by atoms with van der Waals surface area (Å²) in [5.41, 5.74) is 0. The molecule has 0 atom stereocenters. The Labute approximate surface area is 161 Å². The van der Waals surface area contributed by atoms with Gasteiger partial charge >= 0.3 is 0 Å². The monoisotopic (exact) mass is 404 g/mol. The van der Waals surface area contributed by atoms with E-state index < -0.39 is 10.0 Å². The molecule has 1 rings (SSSR count). The molecule has 0 radical (unpaired) electrons. The van der Waals surface area contributed by atoms with Gasteiger partial charge < -0.3 is 15.4 Å². The minimum atomic E-state index is -3.57. The number of hydrogen-bond acceptors (Lipinski definition) is 4. The third-order valence-corrected chi connectivity index (χ3v) is 5.02. The van der Waals surface area contributed by atoms with Crippen LogP contribution in [0.4, 0.5) is 0 Å². The maximum atomic E-state index is 12.2. The molecule has 0 aliphatic heterocycles. The molecule has 3 N–H and O–H groups in total. The summed E-state index contributed by atoms with van der Waals surface area (Å²) in [6.45, 7) is 7.53. The Bertz CT molecular complexity index is 653. The topological polar surface area (TPSA) is 91.8 Å². The summed E-state index contributed by atoms with van der Waals surface area (Å²) in [5.74, 6) is 0.672. The summed E-state index contributed by atoms with van der Waals surface area (Å²) in [4.78, 5) is 4.61. The number of guanidine groups is 1. The first-order chi connectivity index (χ1) is 12.5. The molecule has 1 aromatic rings. The molecule has 9 heteroatoms. The number of rotatable bonds is 12. The van der Waals surface area contributed by atoms with Crippen molar-refractivity contribution in [3.05, 3.63) is 29.3 Å². The Hall–Kier alpha value is -1.35. The summed E-state index contributed by atoms with van der Waals surface area (Å²) in [7, 11) is -3.57. The van der Waals surface area contributed by atoms with Crippen molar-refractivity contribution < 1.29 is 13.2 Å². The van der Waals surface area contributed by atoms with Gasteiger partial charge in [0, 0.05) is 44.4 Å². The molecule has 0 amide bonds. The van der Waals surface area contributed by atoms with Gasteiger partial charge in [-0.1, -0.05) is 17.7 Å². The molecule has 0 unspecified atom stereocenters. The van der Waals surface area contributed by atoms with Gasteiger partial charge in [0.05, 0.1) is 4.90 Å². The van der Waals surface area contributed by atoms with E-state index in [1.165, 1.54) is 12.1 Å². The van der Waals surface area contributed by atoms with Crippen molar-refractivity contribution in [1.29, 1.82) is 0 Å². The molecule has 0 saturated carbocycles. The fourth-order valence-corrected chi connectivity index (χ4v) is 3.41. The van der Waals surface area contributed by atoms with Crippen LogP contribution in [-0.4, -0.2) is 53.8 Å². The van der Waals surface area contributed by atoms with E-state index in [4.69, 9.17) is 16.3 Å². The molecule has 0 bridgehead atoms. The van der Waals surface area contributed by atoms with E-state index >= 15 is 0 Å². The largest absolute Gasteiger partial charge is 0.382 e. The van der Waals surface area contributed by atoms with Gasteiger partial charge in [-0.15, -0.1) is 0 Å². The highest BCUT2D eigenvalue weighted by molar-refractivity contribution is 7.89. The van der Waals surface area contributed by atoms with E-state index in [1.807, 2.05) is 13.8 Å². The zero-order chi connectivity index (χ0) is 19.3. The first-order valence-electron chi connectivity index (χ1n) is 8.84. The van der Waals surface area contributed by atoms with Crippen LogP contribution >= 0.6 is 11.6 Å². The zero-order valence-corrected chi connectivity index (χ0v) is 17.0. The summed E-state index contributed by atoms with van der Waals surface area (Å²) >= 11 is 5.84. The van der Waals surface area contributed by atoms with Crippen molar-refractivity contribution in [2.24, 2.45) is 4.99 Å². The lowest BCUT2D eigenvalue weighted by molar-refractivity contribution is 0.144. The van der Waals surface area contributed by atoms with Gasteiger partial charge in [0.2, 0.25) is 10.0 Å². The standard InChI is InChI=1S/C17H29ClN4O3S/c1-3-19-17(20-10-5-6-13-25-4-2)21-11-12-22-26(23,24)16-9-7-8-15(18)14-16/h7-9,14,22H,3-6,10-13H2,1-2H3,(H2,19,20,21). The van der Waals surface area contributed by atoms with Crippen molar-refractivity contribution in [3.63, 3.8) is 0 Å². The van der Waals surface area contributed by atoms with E-state index in [2.05, 4.69) is 20.3 Å². The van der Waals surface area contributed by atoms with Gasteiger partial charge in [-0.2, -0.15) is 0 Å². The molecule has 26 heavy (non-hydrogen) atoms. The predicted octanol–water partition coefficient (Wildman–Crippen LogP) is 1.99. The van der Waals surface area contributed by atoms with Crippen LogP contribution in [0.25, 0.3) is 0 Å². The number of nitrogens with zero attached hydrogens (tertiary/aromatic N) is 1.